The summed E-state index contributed by atoms with van der Waals surface area (Å²) in [5.41, 5.74) is 1.58. The van der Waals surface area contributed by atoms with Gasteiger partial charge in [0.2, 0.25) is 15.9 Å². The molecule has 0 radical (unpaired) electrons. The van der Waals surface area contributed by atoms with E-state index in [1.807, 2.05) is 0 Å². The number of aromatic amines is 1. The molecule has 0 atom stereocenters. The molecule has 1 fully saturated rings. The minimum absolute atomic E-state index is 0.0262. The van der Waals surface area contributed by atoms with Gasteiger partial charge >= 0.3 is 0 Å². The Morgan fingerprint density at radius 3 is 2.45 bits per heavy atom. The Balaban J connectivity index is 1.66. The van der Waals surface area contributed by atoms with E-state index >= 15 is 0 Å². The average Bonchev–Trinajstić information content (AvgIpc) is 2.87. The van der Waals surface area contributed by atoms with Gasteiger partial charge in [0.25, 0.3) is 5.69 Å². The first-order valence-electron chi connectivity index (χ1n) is 9.23. The van der Waals surface area contributed by atoms with Gasteiger partial charge in [-0.2, -0.15) is 9.40 Å². The third-order valence-electron chi connectivity index (χ3n) is 4.97. The van der Waals surface area contributed by atoms with Crippen molar-refractivity contribution in [2.45, 2.75) is 31.6 Å². The Hall–Kier alpha value is -2.79. The van der Waals surface area contributed by atoms with Gasteiger partial charge in [-0.1, -0.05) is 12.1 Å². The second-order valence-electron chi connectivity index (χ2n) is 7.00. The maximum atomic E-state index is 13.0. The van der Waals surface area contributed by atoms with E-state index in [-0.39, 0.29) is 29.5 Å². The van der Waals surface area contributed by atoms with Crippen LogP contribution in [0.4, 0.5) is 5.69 Å². The fourth-order valence-electron chi connectivity index (χ4n) is 3.46. The second-order valence-corrected chi connectivity index (χ2v) is 8.88. The lowest BCUT2D eigenvalue weighted by Crippen LogP contribution is -2.38. The molecular formula is C18H23N5O5S. The van der Waals surface area contributed by atoms with Crippen molar-refractivity contribution >= 4 is 21.6 Å². The molecule has 11 heteroatoms. The van der Waals surface area contributed by atoms with Gasteiger partial charge in [0.15, 0.2) is 0 Å². The molecule has 156 valence electrons. The molecule has 1 aliphatic rings. The maximum Gasteiger partial charge on any atom is 0.269 e. The van der Waals surface area contributed by atoms with Crippen molar-refractivity contribution in [3.63, 3.8) is 0 Å². The summed E-state index contributed by atoms with van der Waals surface area (Å²) in [6.45, 7) is 4.60. The van der Waals surface area contributed by atoms with Crippen molar-refractivity contribution in [2.75, 3.05) is 26.2 Å². The molecule has 0 bridgehead atoms. The SMILES string of the molecule is Cc1n[nH]c(C)c1S(=O)(=O)N1CCCN(C(=O)Cc2ccc([N+](=O)[O-])cc2)CC1. The zero-order chi connectivity index (χ0) is 21.2. The third-order valence-corrected chi connectivity index (χ3v) is 7.13. The number of nitro groups is 1. The van der Waals surface area contributed by atoms with E-state index in [4.69, 9.17) is 0 Å². The zero-order valence-electron chi connectivity index (χ0n) is 16.3. The standard InChI is InChI=1S/C18H23N5O5S/c1-13-18(14(2)20-19-13)29(27,28)22-9-3-8-21(10-11-22)17(24)12-15-4-6-16(7-5-15)23(25)26/h4-7H,3,8-12H2,1-2H3,(H,19,20). The summed E-state index contributed by atoms with van der Waals surface area (Å²) in [6, 6.07) is 5.87. The Morgan fingerprint density at radius 2 is 1.86 bits per heavy atom. The number of rotatable bonds is 5. The highest BCUT2D eigenvalue weighted by atomic mass is 32.2. The Bertz CT molecular complexity index is 996. The van der Waals surface area contributed by atoms with E-state index in [2.05, 4.69) is 10.2 Å². The smallest absolute Gasteiger partial charge is 0.269 e. The summed E-state index contributed by atoms with van der Waals surface area (Å²) in [5.74, 6) is -0.131. The van der Waals surface area contributed by atoms with Gasteiger partial charge in [0.05, 0.1) is 22.7 Å². The van der Waals surface area contributed by atoms with E-state index < -0.39 is 14.9 Å². The molecule has 3 rings (SSSR count). The number of hydrogen-bond donors (Lipinski definition) is 1. The molecule has 1 aliphatic heterocycles. The van der Waals surface area contributed by atoms with Gasteiger partial charge in [-0.25, -0.2) is 8.42 Å². The number of nitro benzene ring substituents is 1. The minimum atomic E-state index is -3.69. The van der Waals surface area contributed by atoms with E-state index in [9.17, 15) is 23.3 Å². The summed E-state index contributed by atoms with van der Waals surface area (Å²) in [4.78, 5) is 24.7. The Labute approximate surface area is 168 Å². The molecular weight excluding hydrogens is 398 g/mol. The van der Waals surface area contributed by atoms with Crippen LogP contribution >= 0.6 is 0 Å². The van der Waals surface area contributed by atoms with Crippen LogP contribution in [0.1, 0.15) is 23.4 Å². The molecule has 2 heterocycles. The van der Waals surface area contributed by atoms with Gasteiger partial charge in [0.1, 0.15) is 4.90 Å². The van der Waals surface area contributed by atoms with Gasteiger partial charge in [0, 0.05) is 38.3 Å². The van der Waals surface area contributed by atoms with E-state index in [1.54, 1.807) is 30.9 Å². The van der Waals surface area contributed by atoms with Crippen molar-refractivity contribution in [3.8, 4) is 0 Å². The van der Waals surface area contributed by atoms with Crippen LogP contribution < -0.4 is 0 Å². The average molecular weight is 421 g/mol. The van der Waals surface area contributed by atoms with Crippen LogP contribution in [-0.4, -0.2) is 64.8 Å². The summed E-state index contributed by atoms with van der Waals surface area (Å²) in [7, 11) is -3.69. The van der Waals surface area contributed by atoms with E-state index in [0.717, 1.165) is 0 Å². The number of carbonyl (C=O) groups is 1. The fourth-order valence-corrected chi connectivity index (χ4v) is 5.26. The predicted octanol–water partition coefficient (Wildman–Crippen LogP) is 1.40. The minimum Gasteiger partial charge on any atom is -0.341 e. The van der Waals surface area contributed by atoms with E-state index in [1.165, 1.54) is 16.4 Å². The first-order valence-corrected chi connectivity index (χ1v) is 10.7. The predicted molar refractivity (Wildman–Crippen MR) is 105 cm³/mol. The summed E-state index contributed by atoms with van der Waals surface area (Å²) in [6.07, 6.45) is 0.645. The van der Waals surface area contributed by atoms with Crippen LogP contribution in [0, 0.1) is 24.0 Å². The van der Waals surface area contributed by atoms with Crippen LogP contribution in [0.15, 0.2) is 29.2 Å². The molecule has 10 nitrogen and oxygen atoms in total. The molecule has 0 spiro atoms. The molecule has 1 saturated heterocycles. The van der Waals surface area contributed by atoms with Crippen molar-refractivity contribution in [3.05, 3.63) is 51.3 Å². The zero-order valence-corrected chi connectivity index (χ0v) is 17.1. The maximum absolute atomic E-state index is 13.0. The topological polar surface area (TPSA) is 130 Å². The van der Waals surface area contributed by atoms with Crippen LogP contribution in [0.5, 0.6) is 0 Å². The lowest BCUT2D eigenvalue weighted by molar-refractivity contribution is -0.384. The van der Waals surface area contributed by atoms with Gasteiger partial charge in [-0.15, -0.1) is 0 Å². The van der Waals surface area contributed by atoms with Gasteiger partial charge in [-0.05, 0) is 25.8 Å². The number of carbonyl (C=O) groups excluding carboxylic acids is 1. The number of benzene rings is 1. The number of aromatic nitrogens is 2. The van der Waals surface area contributed by atoms with Crippen LogP contribution in [0.25, 0.3) is 0 Å². The normalized spacial score (nSPS) is 15.9. The number of hydrogen-bond acceptors (Lipinski definition) is 6. The summed E-state index contributed by atoms with van der Waals surface area (Å²) in [5, 5.41) is 17.4. The highest BCUT2D eigenvalue weighted by Gasteiger charge is 2.31. The van der Waals surface area contributed by atoms with Crippen molar-refractivity contribution in [2.24, 2.45) is 0 Å². The molecule has 2 aromatic rings. The highest BCUT2D eigenvalue weighted by Crippen LogP contribution is 2.23. The Kier molecular flexibility index (Phi) is 5.99. The lowest BCUT2D eigenvalue weighted by Gasteiger charge is -2.22. The van der Waals surface area contributed by atoms with Crippen LogP contribution in [0.2, 0.25) is 0 Å². The highest BCUT2D eigenvalue weighted by molar-refractivity contribution is 7.89. The summed E-state index contributed by atoms with van der Waals surface area (Å²) < 4.78 is 27.4. The number of sulfonamides is 1. The molecule has 1 aromatic carbocycles. The van der Waals surface area contributed by atoms with Gasteiger partial charge < -0.3 is 4.90 Å². The molecule has 0 aliphatic carbocycles. The summed E-state index contributed by atoms with van der Waals surface area (Å²) >= 11 is 0. The van der Waals surface area contributed by atoms with Crippen molar-refractivity contribution < 1.29 is 18.1 Å². The number of amides is 1. The molecule has 1 aromatic heterocycles. The number of non-ortho nitro benzene ring substituents is 1. The molecule has 1 amide bonds. The van der Waals surface area contributed by atoms with E-state index in [0.29, 0.717) is 43.0 Å². The number of aryl methyl sites for hydroxylation is 2. The number of H-pyrrole nitrogens is 1. The Morgan fingerprint density at radius 1 is 1.17 bits per heavy atom. The van der Waals surface area contributed by atoms with Crippen molar-refractivity contribution in [1.29, 1.82) is 0 Å². The lowest BCUT2D eigenvalue weighted by atomic mass is 10.1. The first-order chi connectivity index (χ1) is 13.7. The molecule has 29 heavy (non-hydrogen) atoms. The molecule has 1 N–H and O–H groups in total. The fraction of sp³-hybridized carbons (Fsp3) is 0.444. The van der Waals surface area contributed by atoms with Crippen LogP contribution in [-0.2, 0) is 21.2 Å². The largest absolute Gasteiger partial charge is 0.341 e. The third kappa shape index (κ3) is 4.46. The molecule has 0 saturated carbocycles. The number of nitrogens with zero attached hydrogens (tertiary/aromatic N) is 4. The quantitative estimate of drug-likeness (QED) is 0.574. The van der Waals surface area contributed by atoms with Crippen LogP contribution in [0.3, 0.4) is 0 Å². The second kappa shape index (κ2) is 8.29. The first kappa shape index (κ1) is 20.9. The number of nitrogens with one attached hydrogen (secondary N) is 1. The van der Waals surface area contributed by atoms with Gasteiger partial charge in [-0.3, -0.25) is 20.0 Å². The van der Waals surface area contributed by atoms with Crippen molar-refractivity contribution in [1.82, 2.24) is 19.4 Å². The monoisotopic (exact) mass is 421 g/mol. The molecule has 0 unspecified atom stereocenters.